The zero-order chi connectivity index (χ0) is 23.0. The number of nitrogens with one attached hydrogen (secondary N) is 3. The van der Waals surface area contributed by atoms with Crippen molar-refractivity contribution in [3.63, 3.8) is 0 Å². The van der Waals surface area contributed by atoms with Crippen LogP contribution >= 0.6 is 0 Å². The predicted molar refractivity (Wildman–Crippen MR) is 117 cm³/mol. The molecule has 1 aromatic carbocycles. The number of halogens is 2. The summed E-state index contributed by atoms with van der Waals surface area (Å²) in [6, 6.07) is 5.66. The number of hydrogen-bond acceptors (Lipinski definition) is 5. The molecule has 0 saturated heterocycles. The average Bonchev–Trinajstić information content (AvgIpc) is 2.72. The van der Waals surface area contributed by atoms with Crippen LogP contribution in [0, 0.1) is 18.2 Å². The van der Waals surface area contributed by atoms with Crippen molar-refractivity contribution in [2.45, 2.75) is 20.1 Å². The lowest BCUT2D eigenvalue weighted by atomic mass is 10.1. The molecule has 0 bridgehead atoms. The molecule has 0 aliphatic carbocycles. The Kier molecular flexibility index (Phi) is 8.10. The number of alkyl halides is 1. The number of anilines is 2. The van der Waals surface area contributed by atoms with Crippen LogP contribution in [0.1, 0.15) is 29.3 Å². The van der Waals surface area contributed by atoms with Crippen LogP contribution in [0.15, 0.2) is 30.3 Å². The predicted octanol–water partition coefficient (Wildman–Crippen LogP) is 2.80. The van der Waals surface area contributed by atoms with E-state index in [1.807, 2.05) is 11.6 Å². The number of nitrogens with zero attached hydrogens (tertiary/aromatic N) is 1. The third-order valence-electron chi connectivity index (χ3n) is 3.94. The summed E-state index contributed by atoms with van der Waals surface area (Å²) in [4.78, 5) is 16.3. The molecule has 1 amide bonds. The van der Waals surface area contributed by atoms with E-state index in [2.05, 4.69) is 21.5 Å². The van der Waals surface area contributed by atoms with Crippen molar-refractivity contribution in [1.29, 1.82) is 0 Å². The third kappa shape index (κ3) is 7.08. The monoisotopic (exact) mass is 448 g/mol. The van der Waals surface area contributed by atoms with E-state index >= 15 is 0 Å². The molecular formula is C21H22F2N4O3S. The second-order valence-corrected chi connectivity index (χ2v) is 8.22. The largest absolute Gasteiger partial charge is 0.370 e. The zero-order valence-electron chi connectivity index (χ0n) is 17.0. The minimum Gasteiger partial charge on any atom is -0.370 e. The lowest BCUT2D eigenvalue weighted by molar-refractivity contribution is -0.116. The number of rotatable bonds is 9. The van der Waals surface area contributed by atoms with E-state index in [1.165, 1.54) is 24.3 Å². The van der Waals surface area contributed by atoms with Gasteiger partial charge in [0.15, 0.2) is 0 Å². The topological polar surface area (TPSA) is 100 Å². The molecule has 0 unspecified atom stereocenters. The number of benzene rings is 1. The fourth-order valence-electron chi connectivity index (χ4n) is 2.61. The second-order valence-electron chi connectivity index (χ2n) is 6.47. The van der Waals surface area contributed by atoms with Gasteiger partial charge in [-0.05, 0) is 42.8 Å². The van der Waals surface area contributed by atoms with Crippen LogP contribution in [0.3, 0.4) is 0 Å². The average molecular weight is 448 g/mol. The van der Waals surface area contributed by atoms with Gasteiger partial charge >= 0.3 is 0 Å². The molecule has 2 rings (SSSR count). The summed E-state index contributed by atoms with van der Waals surface area (Å²) in [6.07, 6.45) is 9.03. The lowest BCUT2D eigenvalue weighted by Crippen LogP contribution is -2.21. The number of sulfonamides is 1. The fourth-order valence-corrected chi connectivity index (χ4v) is 3.19. The lowest BCUT2D eigenvalue weighted by Gasteiger charge is -2.11. The summed E-state index contributed by atoms with van der Waals surface area (Å²) in [5.74, 6) is 1.37. The Morgan fingerprint density at radius 2 is 2.06 bits per heavy atom. The minimum absolute atomic E-state index is 0.0134. The van der Waals surface area contributed by atoms with Crippen LogP contribution in [0.25, 0.3) is 6.08 Å². The van der Waals surface area contributed by atoms with Crippen molar-refractivity contribution in [1.82, 2.24) is 10.3 Å². The summed E-state index contributed by atoms with van der Waals surface area (Å²) in [5.41, 5.74) is 0.928. The highest BCUT2D eigenvalue weighted by molar-refractivity contribution is 7.92. The molecule has 31 heavy (non-hydrogen) atoms. The molecule has 0 radical (unpaired) electrons. The SMILES string of the molecule is C#Cc1cc(CNC(=O)/C=C/c2ccc(CF)nc2NCC)cc(F)c1NS(C)(=O)=O. The van der Waals surface area contributed by atoms with Crippen molar-refractivity contribution in [3.8, 4) is 12.3 Å². The number of amides is 1. The molecule has 0 fully saturated rings. The van der Waals surface area contributed by atoms with Gasteiger partial charge in [-0.2, -0.15) is 0 Å². The first-order chi connectivity index (χ1) is 14.7. The van der Waals surface area contributed by atoms with E-state index in [4.69, 9.17) is 6.42 Å². The van der Waals surface area contributed by atoms with E-state index in [9.17, 15) is 22.0 Å². The van der Waals surface area contributed by atoms with Crippen molar-refractivity contribution in [2.24, 2.45) is 0 Å². The second kappa shape index (κ2) is 10.5. The van der Waals surface area contributed by atoms with Crippen LogP contribution in [-0.2, 0) is 28.0 Å². The first kappa shape index (κ1) is 23.8. The molecule has 2 aromatic rings. The number of carbonyl (C=O) groups is 1. The molecule has 164 valence electrons. The number of aromatic nitrogens is 1. The van der Waals surface area contributed by atoms with Crippen molar-refractivity contribution >= 4 is 33.5 Å². The van der Waals surface area contributed by atoms with Gasteiger partial charge in [-0.25, -0.2) is 22.2 Å². The van der Waals surface area contributed by atoms with Gasteiger partial charge < -0.3 is 10.6 Å². The van der Waals surface area contributed by atoms with Gasteiger partial charge in [0.1, 0.15) is 18.3 Å². The van der Waals surface area contributed by atoms with Crippen molar-refractivity contribution in [3.05, 3.63) is 58.5 Å². The smallest absolute Gasteiger partial charge is 0.244 e. The van der Waals surface area contributed by atoms with Crippen LogP contribution in [-0.4, -0.2) is 32.1 Å². The van der Waals surface area contributed by atoms with Gasteiger partial charge in [0.2, 0.25) is 15.9 Å². The Morgan fingerprint density at radius 3 is 2.68 bits per heavy atom. The number of terminal acetylenes is 1. The highest BCUT2D eigenvalue weighted by atomic mass is 32.2. The summed E-state index contributed by atoms with van der Waals surface area (Å²) in [5, 5.41) is 5.59. The maximum atomic E-state index is 14.3. The Hall–Kier alpha value is -3.45. The van der Waals surface area contributed by atoms with Gasteiger partial charge in [0, 0.05) is 24.7 Å². The normalized spacial score (nSPS) is 11.2. The van der Waals surface area contributed by atoms with Gasteiger partial charge in [0.25, 0.3) is 0 Å². The molecule has 0 spiro atoms. The van der Waals surface area contributed by atoms with Gasteiger partial charge in [-0.3, -0.25) is 9.52 Å². The Morgan fingerprint density at radius 1 is 1.32 bits per heavy atom. The standard InChI is InChI=1S/C21H22F2N4O3S/c1-4-15-10-14(11-18(23)20(15)27-31(3,29)30)13-25-19(28)9-7-16-6-8-17(12-22)26-21(16)24-5-2/h1,6-11,27H,5,12-13H2,2-3H3,(H,24,26)(H,25,28)/b9-7+. The van der Waals surface area contributed by atoms with Gasteiger partial charge in [0.05, 0.1) is 23.2 Å². The van der Waals surface area contributed by atoms with E-state index in [-0.39, 0.29) is 23.5 Å². The van der Waals surface area contributed by atoms with Crippen molar-refractivity contribution < 1.29 is 22.0 Å². The van der Waals surface area contributed by atoms with Gasteiger partial charge in [-0.15, -0.1) is 6.42 Å². The van der Waals surface area contributed by atoms with E-state index in [0.717, 1.165) is 12.3 Å². The van der Waals surface area contributed by atoms with Crippen LogP contribution in [0.2, 0.25) is 0 Å². The molecule has 0 saturated carbocycles. The molecule has 0 aliphatic rings. The van der Waals surface area contributed by atoms with Crippen LogP contribution in [0.4, 0.5) is 20.3 Å². The summed E-state index contributed by atoms with van der Waals surface area (Å²) in [7, 11) is -3.71. The fraction of sp³-hybridized carbons (Fsp3) is 0.238. The Balaban J connectivity index is 2.11. The van der Waals surface area contributed by atoms with Crippen molar-refractivity contribution in [2.75, 3.05) is 22.8 Å². The first-order valence-electron chi connectivity index (χ1n) is 9.19. The maximum Gasteiger partial charge on any atom is 0.244 e. The highest BCUT2D eigenvalue weighted by Gasteiger charge is 2.14. The summed E-state index contributed by atoms with van der Waals surface area (Å²) >= 11 is 0. The van der Waals surface area contributed by atoms with E-state index in [0.29, 0.717) is 23.5 Å². The number of pyridine rings is 1. The van der Waals surface area contributed by atoms with Gasteiger partial charge in [-0.1, -0.05) is 5.92 Å². The molecule has 7 nitrogen and oxygen atoms in total. The molecule has 0 atom stereocenters. The summed E-state index contributed by atoms with van der Waals surface area (Å²) in [6.45, 7) is 1.71. The number of carbonyl (C=O) groups excluding carboxylic acids is 1. The summed E-state index contributed by atoms with van der Waals surface area (Å²) < 4.78 is 51.9. The minimum atomic E-state index is -3.71. The van der Waals surface area contributed by atoms with Crippen LogP contribution < -0.4 is 15.4 Å². The molecule has 0 aliphatic heterocycles. The maximum absolute atomic E-state index is 14.3. The quantitative estimate of drug-likeness (QED) is 0.405. The molecular weight excluding hydrogens is 426 g/mol. The Bertz CT molecular complexity index is 1140. The molecule has 10 heteroatoms. The van der Waals surface area contributed by atoms with Crippen LogP contribution in [0.5, 0.6) is 0 Å². The third-order valence-corrected chi connectivity index (χ3v) is 4.51. The first-order valence-corrected chi connectivity index (χ1v) is 11.1. The molecule has 1 aromatic heterocycles. The Labute approximate surface area is 180 Å². The molecule has 3 N–H and O–H groups in total. The number of hydrogen-bond donors (Lipinski definition) is 3. The zero-order valence-corrected chi connectivity index (χ0v) is 17.8. The van der Waals surface area contributed by atoms with E-state index in [1.54, 1.807) is 6.07 Å². The molecule has 1 heterocycles. The van der Waals surface area contributed by atoms with E-state index < -0.39 is 28.4 Å². The highest BCUT2D eigenvalue weighted by Crippen LogP contribution is 2.23.